The molecule has 1 atom stereocenters. The summed E-state index contributed by atoms with van der Waals surface area (Å²) in [7, 11) is -3.17. The van der Waals surface area contributed by atoms with Gasteiger partial charge in [-0.1, -0.05) is 18.2 Å². The molecule has 0 spiro atoms. The molecule has 0 amide bonds. The van der Waals surface area contributed by atoms with Gasteiger partial charge >= 0.3 is 13.9 Å². The van der Waals surface area contributed by atoms with E-state index < -0.39 is 13.9 Å². The van der Waals surface area contributed by atoms with E-state index in [0.717, 1.165) is 0 Å². The molecule has 1 N–H and O–H groups in total. The molecule has 1 aliphatic rings. The van der Waals surface area contributed by atoms with Crippen LogP contribution in [0, 0.1) is 0 Å². The van der Waals surface area contributed by atoms with Crippen molar-refractivity contribution in [1.29, 1.82) is 0 Å². The predicted molar refractivity (Wildman–Crippen MR) is 78.9 cm³/mol. The average molecular weight is 305 g/mol. The normalized spacial score (nSPS) is 19.3. The smallest absolute Gasteiger partial charge is 0.368 e. The monoisotopic (exact) mass is 305 g/mol. The Morgan fingerprint density at radius 2 is 1.86 bits per heavy atom. The van der Waals surface area contributed by atoms with Crippen molar-refractivity contribution in [1.82, 2.24) is 0 Å². The lowest BCUT2D eigenvalue weighted by Gasteiger charge is -2.21. The van der Waals surface area contributed by atoms with E-state index in [9.17, 15) is 9.69 Å². The second-order valence-corrected chi connectivity index (χ2v) is 6.34. The van der Waals surface area contributed by atoms with Crippen molar-refractivity contribution >= 4 is 19.2 Å². The largest absolute Gasteiger partial charge is 0.462 e. The van der Waals surface area contributed by atoms with Gasteiger partial charge < -0.3 is 18.7 Å². The highest BCUT2D eigenvalue weighted by Gasteiger charge is 2.41. The number of fused-ring (bicyclic) bond motifs is 1. The van der Waals surface area contributed by atoms with Gasteiger partial charge in [0.1, 0.15) is 0 Å². The second kappa shape index (κ2) is 5.35. The quantitative estimate of drug-likeness (QED) is 0.697. The van der Waals surface area contributed by atoms with Crippen molar-refractivity contribution in [3.8, 4) is 11.5 Å². The second-order valence-electron chi connectivity index (χ2n) is 4.42. The van der Waals surface area contributed by atoms with Gasteiger partial charge in [0.15, 0.2) is 11.5 Å². The predicted octanol–water partition coefficient (Wildman–Crippen LogP) is 2.71. The number of ether oxygens (including phenoxy) is 1. The zero-order valence-electron chi connectivity index (χ0n) is 11.4. The highest BCUT2D eigenvalue weighted by molar-refractivity contribution is 7.69. The van der Waals surface area contributed by atoms with E-state index in [1.807, 2.05) is 6.07 Å². The van der Waals surface area contributed by atoms with Gasteiger partial charge in [-0.05, 0) is 37.3 Å². The van der Waals surface area contributed by atoms with Crippen LogP contribution in [0.1, 0.15) is 17.3 Å². The van der Waals surface area contributed by atoms with Crippen molar-refractivity contribution in [3.63, 3.8) is 0 Å². The van der Waals surface area contributed by atoms with Crippen LogP contribution in [0.15, 0.2) is 48.5 Å². The Balaban J connectivity index is 1.89. The minimum atomic E-state index is -3.17. The van der Waals surface area contributed by atoms with Gasteiger partial charge in [-0.3, -0.25) is 0 Å². The van der Waals surface area contributed by atoms with Gasteiger partial charge in [-0.25, -0.2) is 4.79 Å². The number of hydrogen-bond acceptors (Lipinski definition) is 5. The lowest BCUT2D eigenvalue weighted by atomic mass is 10.2. The molecule has 5 nitrogen and oxygen atoms in total. The molecule has 0 saturated carbocycles. The Morgan fingerprint density at radius 1 is 1.14 bits per heavy atom. The lowest BCUT2D eigenvalue weighted by Crippen LogP contribution is -2.16. The van der Waals surface area contributed by atoms with E-state index in [0.29, 0.717) is 29.0 Å². The summed E-state index contributed by atoms with van der Waals surface area (Å²) < 4.78 is 16.1. The topological polar surface area (TPSA) is 65.0 Å². The molecule has 0 saturated heterocycles. The Bertz CT molecular complexity index is 673. The first kappa shape index (κ1) is 13.9. The summed E-state index contributed by atoms with van der Waals surface area (Å²) in [6.07, 6.45) is 0. The molecule has 1 aliphatic heterocycles. The van der Waals surface area contributed by atoms with Gasteiger partial charge in [-0.15, -0.1) is 0 Å². The maximum Gasteiger partial charge on any atom is 0.368 e. The average Bonchev–Trinajstić information content (AvgIpc) is 2.85. The number of carbonyl (C=O) groups excluding carboxylic acids is 1. The van der Waals surface area contributed by atoms with Crippen LogP contribution >= 0.6 is 7.94 Å². The van der Waals surface area contributed by atoms with Crippen molar-refractivity contribution in [2.45, 2.75) is 6.92 Å². The standard InChI is InChI=1S/C15H14O5P/c1-2-18-15(16)11-8-9-13-14(10-11)20-21(17,19-13)12-6-4-3-5-7-12/h3-10,17H,2H2,1H3. The van der Waals surface area contributed by atoms with E-state index in [2.05, 4.69) is 0 Å². The Labute approximate surface area is 122 Å². The molecule has 3 rings (SSSR count). The number of rotatable bonds is 3. The molecule has 0 aliphatic carbocycles. The molecular weight excluding hydrogens is 291 g/mol. The van der Waals surface area contributed by atoms with Crippen LogP contribution in [0.3, 0.4) is 0 Å². The maximum atomic E-state index is 11.7. The fourth-order valence-electron chi connectivity index (χ4n) is 2.00. The van der Waals surface area contributed by atoms with Gasteiger partial charge in [0.2, 0.25) is 0 Å². The van der Waals surface area contributed by atoms with Crippen LogP contribution in [0.2, 0.25) is 0 Å². The first-order valence-electron chi connectivity index (χ1n) is 6.50. The molecule has 1 unspecified atom stereocenters. The Morgan fingerprint density at radius 3 is 2.57 bits per heavy atom. The zero-order chi connectivity index (χ0) is 14.9. The molecule has 2 aromatic carbocycles. The van der Waals surface area contributed by atoms with E-state index in [-0.39, 0.29) is 0 Å². The first-order chi connectivity index (χ1) is 10.1. The van der Waals surface area contributed by atoms with Crippen LogP contribution < -0.4 is 14.4 Å². The van der Waals surface area contributed by atoms with Gasteiger partial charge in [0.05, 0.1) is 17.5 Å². The van der Waals surface area contributed by atoms with Crippen molar-refractivity contribution in [2.24, 2.45) is 0 Å². The van der Waals surface area contributed by atoms with E-state index in [1.54, 1.807) is 43.3 Å². The minimum absolute atomic E-state index is 0.300. The van der Waals surface area contributed by atoms with E-state index >= 15 is 0 Å². The van der Waals surface area contributed by atoms with Gasteiger partial charge in [0, 0.05) is 0 Å². The molecule has 21 heavy (non-hydrogen) atoms. The molecule has 6 heteroatoms. The third-order valence-corrected chi connectivity index (χ3v) is 4.82. The van der Waals surface area contributed by atoms with E-state index in [4.69, 9.17) is 13.8 Å². The fraction of sp³-hybridized carbons (Fsp3) is 0.133. The van der Waals surface area contributed by atoms with Crippen LogP contribution in [-0.2, 0) is 4.74 Å². The SMILES string of the molecule is CCOC(=O)c1ccc2c(c1)O[P](O)(c1ccccc1)O2. The van der Waals surface area contributed by atoms with Crippen molar-refractivity contribution in [3.05, 3.63) is 54.1 Å². The molecule has 1 radical (unpaired) electrons. The third-order valence-electron chi connectivity index (χ3n) is 2.98. The zero-order valence-corrected chi connectivity index (χ0v) is 12.2. The van der Waals surface area contributed by atoms with Gasteiger partial charge in [0.25, 0.3) is 0 Å². The fourth-order valence-corrected chi connectivity index (χ4v) is 3.63. The highest BCUT2D eigenvalue weighted by Crippen LogP contribution is 2.63. The van der Waals surface area contributed by atoms with Crippen LogP contribution in [-0.4, -0.2) is 17.5 Å². The van der Waals surface area contributed by atoms with Crippen LogP contribution in [0.5, 0.6) is 11.5 Å². The third kappa shape index (κ3) is 2.58. The summed E-state index contributed by atoms with van der Waals surface area (Å²) >= 11 is 0. The van der Waals surface area contributed by atoms with Gasteiger partial charge in [-0.2, -0.15) is 0 Å². The maximum absolute atomic E-state index is 11.7. The molecule has 1 heterocycles. The molecule has 2 aromatic rings. The molecule has 0 bridgehead atoms. The highest BCUT2D eigenvalue weighted by atomic mass is 31.2. The van der Waals surface area contributed by atoms with Crippen molar-refractivity contribution in [2.75, 3.05) is 6.61 Å². The molecule has 0 aromatic heterocycles. The molecule has 109 valence electrons. The van der Waals surface area contributed by atoms with Crippen LogP contribution in [0.4, 0.5) is 0 Å². The summed E-state index contributed by atoms with van der Waals surface area (Å²) in [5, 5.41) is 0.582. The number of benzene rings is 2. The van der Waals surface area contributed by atoms with Crippen molar-refractivity contribution < 1.29 is 23.5 Å². The molecular formula is C15H14O5P. The summed E-state index contributed by atoms with van der Waals surface area (Å²) in [4.78, 5) is 22.3. The summed E-state index contributed by atoms with van der Waals surface area (Å²) in [5.41, 5.74) is 0.362. The summed E-state index contributed by atoms with van der Waals surface area (Å²) in [6.45, 7) is 2.04. The lowest BCUT2D eigenvalue weighted by molar-refractivity contribution is 0.0526. The summed E-state index contributed by atoms with van der Waals surface area (Å²) in [6, 6.07) is 13.6. The molecule has 0 fully saturated rings. The Hall–Kier alpha value is -2.10. The summed E-state index contributed by atoms with van der Waals surface area (Å²) in [5.74, 6) is 0.334. The van der Waals surface area contributed by atoms with E-state index in [1.165, 1.54) is 6.07 Å². The number of carbonyl (C=O) groups is 1. The Kier molecular flexibility index (Phi) is 3.53. The van der Waals surface area contributed by atoms with Crippen LogP contribution in [0.25, 0.3) is 0 Å². The minimum Gasteiger partial charge on any atom is -0.462 e. The number of hydrogen-bond donors (Lipinski definition) is 1. The number of esters is 1. The first-order valence-corrected chi connectivity index (χ1v) is 8.08.